The largest absolute Gasteiger partial charge is 0.493 e. The maximum absolute atomic E-state index is 12.7. The van der Waals surface area contributed by atoms with Crippen molar-refractivity contribution in [3.05, 3.63) is 51.5 Å². The maximum Gasteiger partial charge on any atom is 0.297 e. The topological polar surface area (TPSA) is 105 Å². The van der Waals surface area contributed by atoms with Gasteiger partial charge in [0.2, 0.25) is 5.89 Å². The smallest absolute Gasteiger partial charge is 0.297 e. The minimum absolute atomic E-state index is 0.157. The number of benzene rings is 1. The normalized spacial score (nSPS) is 11.2. The van der Waals surface area contributed by atoms with Gasteiger partial charge in [-0.2, -0.15) is 5.10 Å². The molecule has 9 nitrogen and oxygen atoms in total. The number of fused-ring (bicyclic) bond motifs is 1. The van der Waals surface area contributed by atoms with Gasteiger partial charge < -0.3 is 18.4 Å². The molecule has 3 aromatic heterocycles. The highest BCUT2D eigenvalue weighted by Crippen LogP contribution is 2.32. The van der Waals surface area contributed by atoms with Crippen LogP contribution in [0.25, 0.3) is 22.4 Å². The second kappa shape index (κ2) is 7.08. The molecule has 9 heteroatoms. The Kier molecular flexibility index (Phi) is 4.57. The van der Waals surface area contributed by atoms with Gasteiger partial charge in [0.05, 0.1) is 31.8 Å². The van der Waals surface area contributed by atoms with E-state index in [2.05, 4.69) is 15.2 Å². The first kappa shape index (κ1) is 18.7. The van der Waals surface area contributed by atoms with E-state index in [0.29, 0.717) is 45.7 Å². The Balaban J connectivity index is 1.72. The van der Waals surface area contributed by atoms with Crippen molar-refractivity contribution in [2.45, 2.75) is 27.3 Å². The molecule has 29 heavy (non-hydrogen) atoms. The zero-order chi connectivity index (χ0) is 20.7. The average Bonchev–Trinajstić information content (AvgIpc) is 3.28. The molecule has 3 heterocycles. The van der Waals surface area contributed by atoms with Gasteiger partial charge in [-0.25, -0.2) is 9.67 Å². The van der Waals surface area contributed by atoms with Crippen LogP contribution in [0.15, 0.2) is 31.9 Å². The molecule has 4 rings (SSSR count). The lowest BCUT2D eigenvalue weighted by Crippen LogP contribution is -2.25. The molecule has 0 radical (unpaired) electrons. The third kappa shape index (κ3) is 3.14. The Morgan fingerprint density at radius 1 is 1.07 bits per heavy atom. The molecule has 0 fully saturated rings. The van der Waals surface area contributed by atoms with Crippen LogP contribution in [0.5, 0.6) is 11.5 Å². The molecule has 0 bridgehead atoms. The van der Waals surface area contributed by atoms with Crippen LogP contribution in [0.3, 0.4) is 0 Å². The standard InChI is InChI=1S/C20H20N4O5/c1-10-17-12(3)29-23-18(17)20(25)24(22-10)9-14-11(2)28-19(21-14)13-6-7-15(26-4)16(8-13)27-5/h6-8H,9H2,1-5H3. The fraction of sp³-hybridized carbons (Fsp3) is 0.300. The lowest BCUT2D eigenvalue weighted by Gasteiger charge is -2.07. The van der Waals surface area contributed by atoms with Crippen LogP contribution in [-0.2, 0) is 6.54 Å². The van der Waals surface area contributed by atoms with Gasteiger partial charge in [0.15, 0.2) is 17.0 Å². The molecule has 0 aliphatic carbocycles. The Labute approximate surface area is 165 Å². The molecule has 0 saturated heterocycles. The number of rotatable bonds is 5. The second-order valence-corrected chi connectivity index (χ2v) is 6.60. The first-order valence-corrected chi connectivity index (χ1v) is 8.95. The number of methoxy groups -OCH3 is 2. The van der Waals surface area contributed by atoms with Gasteiger partial charge >= 0.3 is 0 Å². The summed E-state index contributed by atoms with van der Waals surface area (Å²) >= 11 is 0. The Bertz CT molecular complexity index is 1270. The number of hydrogen-bond donors (Lipinski definition) is 0. The van der Waals surface area contributed by atoms with Crippen molar-refractivity contribution in [1.82, 2.24) is 19.9 Å². The zero-order valence-corrected chi connectivity index (χ0v) is 16.8. The number of nitrogens with zero attached hydrogens (tertiary/aromatic N) is 4. The molecular formula is C20H20N4O5. The first-order valence-electron chi connectivity index (χ1n) is 8.95. The molecule has 0 spiro atoms. The predicted molar refractivity (Wildman–Crippen MR) is 104 cm³/mol. The summed E-state index contributed by atoms with van der Waals surface area (Å²) in [6.45, 7) is 5.52. The molecule has 0 saturated carbocycles. The summed E-state index contributed by atoms with van der Waals surface area (Å²) in [5.74, 6) is 2.77. The van der Waals surface area contributed by atoms with Gasteiger partial charge in [0.25, 0.3) is 5.56 Å². The van der Waals surface area contributed by atoms with E-state index in [9.17, 15) is 4.79 Å². The summed E-state index contributed by atoms with van der Waals surface area (Å²) in [7, 11) is 3.14. The lowest BCUT2D eigenvalue weighted by atomic mass is 10.2. The molecule has 0 unspecified atom stereocenters. The molecule has 0 atom stereocenters. The fourth-order valence-electron chi connectivity index (χ4n) is 3.26. The van der Waals surface area contributed by atoms with Crippen molar-refractivity contribution in [3.8, 4) is 23.0 Å². The van der Waals surface area contributed by atoms with Crippen LogP contribution in [0.4, 0.5) is 0 Å². The summed E-state index contributed by atoms with van der Waals surface area (Å²) in [4.78, 5) is 17.3. The predicted octanol–water partition coefficient (Wildman–Crippen LogP) is 3.03. The van der Waals surface area contributed by atoms with Crippen LogP contribution in [0.1, 0.15) is 22.9 Å². The van der Waals surface area contributed by atoms with Crippen molar-refractivity contribution in [1.29, 1.82) is 0 Å². The number of aromatic nitrogens is 4. The molecule has 4 aromatic rings. The number of aryl methyl sites for hydroxylation is 3. The maximum atomic E-state index is 12.7. The van der Waals surface area contributed by atoms with Crippen molar-refractivity contribution in [2.24, 2.45) is 0 Å². The van der Waals surface area contributed by atoms with E-state index in [0.717, 1.165) is 5.56 Å². The monoisotopic (exact) mass is 396 g/mol. The van der Waals surface area contributed by atoms with E-state index >= 15 is 0 Å². The van der Waals surface area contributed by atoms with E-state index in [1.165, 1.54) is 4.68 Å². The first-order chi connectivity index (χ1) is 13.9. The minimum Gasteiger partial charge on any atom is -0.493 e. The second-order valence-electron chi connectivity index (χ2n) is 6.60. The van der Waals surface area contributed by atoms with Crippen molar-refractivity contribution < 1.29 is 18.4 Å². The highest BCUT2D eigenvalue weighted by atomic mass is 16.5. The quantitative estimate of drug-likeness (QED) is 0.507. The van der Waals surface area contributed by atoms with Gasteiger partial charge in [0, 0.05) is 5.56 Å². The molecule has 0 aliphatic heterocycles. The Morgan fingerprint density at radius 2 is 1.83 bits per heavy atom. The summed E-state index contributed by atoms with van der Waals surface area (Å²) in [6, 6.07) is 5.39. The van der Waals surface area contributed by atoms with E-state index < -0.39 is 0 Å². The molecular weight excluding hydrogens is 376 g/mol. The number of oxazole rings is 1. The van der Waals surface area contributed by atoms with E-state index in [1.807, 2.05) is 13.0 Å². The van der Waals surface area contributed by atoms with Gasteiger partial charge in [-0.05, 0) is 39.0 Å². The lowest BCUT2D eigenvalue weighted by molar-refractivity contribution is 0.355. The number of ether oxygens (including phenoxy) is 2. The van der Waals surface area contributed by atoms with Crippen molar-refractivity contribution >= 4 is 10.9 Å². The van der Waals surface area contributed by atoms with Crippen LogP contribution >= 0.6 is 0 Å². The van der Waals surface area contributed by atoms with Crippen LogP contribution < -0.4 is 15.0 Å². The highest BCUT2D eigenvalue weighted by molar-refractivity contribution is 5.81. The zero-order valence-electron chi connectivity index (χ0n) is 16.8. The molecule has 0 amide bonds. The SMILES string of the molecule is COc1ccc(-c2nc(Cn3nc(C)c4c(C)onc4c3=O)c(C)o2)cc1OC. The average molecular weight is 396 g/mol. The minimum atomic E-state index is -0.336. The fourth-order valence-corrected chi connectivity index (χ4v) is 3.26. The summed E-state index contributed by atoms with van der Waals surface area (Å²) in [5, 5.41) is 8.91. The van der Waals surface area contributed by atoms with Gasteiger partial charge in [-0.15, -0.1) is 0 Å². The molecule has 0 N–H and O–H groups in total. The van der Waals surface area contributed by atoms with Crippen LogP contribution in [-0.4, -0.2) is 34.1 Å². The van der Waals surface area contributed by atoms with E-state index in [-0.39, 0.29) is 17.6 Å². The van der Waals surface area contributed by atoms with Crippen LogP contribution in [0.2, 0.25) is 0 Å². The van der Waals surface area contributed by atoms with Gasteiger partial charge in [-0.1, -0.05) is 5.16 Å². The number of hydrogen-bond acceptors (Lipinski definition) is 8. The molecule has 1 aromatic carbocycles. The van der Waals surface area contributed by atoms with Gasteiger partial charge in [0.1, 0.15) is 17.2 Å². The van der Waals surface area contributed by atoms with E-state index in [1.54, 1.807) is 40.2 Å². The highest BCUT2D eigenvalue weighted by Gasteiger charge is 2.18. The summed E-state index contributed by atoms with van der Waals surface area (Å²) in [5.41, 5.74) is 1.92. The third-order valence-electron chi connectivity index (χ3n) is 4.75. The summed E-state index contributed by atoms with van der Waals surface area (Å²) in [6.07, 6.45) is 0. The molecule has 150 valence electrons. The Morgan fingerprint density at radius 3 is 2.55 bits per heavy atom. The van der Waals surface area contributed by atoms with Crippen LogP contribution in [0, 0.1) is 20.8 Å². The molecule has 0 aliphatic rings. The van der Waals surface area contributed by atoms with Crippen molar-refractivity contribution in [3.63, 3.8) is 0 Å². The van der Waals surface area contributed by atoms with Gasteiger partial charge in [-0.3, -0.25) is 4.79 Å². The summed E-state index contributed by atoms with van der Waals surface area (Å²) < 4.78 is 22.9. The third-order valence-corrected chi connectivity index (χ3v) is 4.75. The Hall–Kier alpha value is -3.62. The van der Waals surface area contributed by atoms with Crippen molar-refractivity contribution in [2.75, 3.05) is 14.2 Å². The van der Waals surface area contributed by atoms with E-state index in [4.69, 9.17) is 18.4 Å².